The van der Waals surface area contributed by atoms with Crippen molar-refractivity contribution >= 4 is 17.4 Å². The van der Waals surface area contributed by atoms with E-state index in [4.69, 9.17) is 9.15 Å². The molecule has 2 aromatic carbocycles. The van der Waals surface area contributed by atoms with E-state index >= 15 is 0 Å². The Balaban J connectivity index is 1.89. The fourth-order valence-corrected chi connectivity index (χ4v) is 4.20. The van der Waals surface area contributed by atoms with E-state index in [1.54, 1.807) is 37.4 Å². The Morgan fingerprint density at radius 3 is 2.41 bits per heavy atom. The highest BCUT2D eigenvalue weighted by Gasteiger charge is 2.46. The molecule has 1 aliphatic rings. The number of furan rings is 1. The number of nitrogens with zero attached hydrogens (tertiary/aromatic N) is 1. The van der Waals surface area contributed by atoms with Crippen LogP contribution in [0, 0.1) is 5.82 Å². The predicted molar refractivity (Wildman–Crippen MR) is 125 cm³/mol. The van der Waals surface area contributed by atoms with Crippen LogP contribution in [-0.4, -0.2) is 28.8 Å². The zero-order chi connectivity index (χ0) is 24.6. The Hall–Kier alpha value is -3.87. The van der Waals surface area contributed by atoms with E-state index < -0.39 is 23.5 Å². The number of halogens is 1. The van der Waals surface area contributed by atoms with Crippen molar-refractivity contribution in [3.63, 3.8) is 0 Å². The summed E-state index contributed by atoms with van der Waals surface area (Å²) in [5, 5.41) is 11.3. The minimum atomic E-state index is -0.911. The molecule has 34 heavy (non-hydrogen) atoms. The average Bonchev–Trinajstić information content (AvgIpc) is 3.40. The maximum atomic E-state index is 13.6. The molecular formula is C27H26FNO5. The number of hydrogen-bond donors (Lipinski definition) is 1. The van der Waals surface area contributed by atoms with E-state index in [1.165, 1.54) is 35.4 Å². The molecule has 2 heterocycles. The van der Waals surface area contributed by atoms with Crippen molar-refractivity contribution in [2.45, 2.75) is 38.8 Å². The Bertz CT molecular complexity index is 1250. The molecule has 0 radical (unpaired) electrons. The van der Waals surface area contributed by atoms with Crippen LogP contribution in [0.3, 0.4) is 0 Å². The van der Waals surface area contributed by atoms with Crippen LogP contribution in [-0.2, 0) is 21.5 Å². The number of methoxy groups -OCH3 is 1. The third-order valence-corrected chi connectivity index (χ3v) is 5.91. The number of carbonyl (C=O) groups excluding carboxylic acids is 2. The summed E-state index contributed by atoms with van der Waals surface area (Å²) in [7, 11) is 1.57. The molecule has 1 saturated heterocycles. The van der Waals surface area contributed by atoms with Crippen LogP contribution in [0.25, 0.3) is 5.76 Å². The molecule has 4 rings (SSSR count). The zero-order valence-corrected chi connectivity index (χ0v) is 19.5. The monoisotopic (exact) mass is 463 g/mol. The molecule has 1 aliphatic heterocycles. The fraction of sp³-hybridized carbons (Fsp3) is 0.259. The van der Waals surface area contributed by atoms with Gasteiger partial charge in [0.05, 0.1) is 31.5 Å². The number of ketones is 1. The number of aliphatic hydroxyl groups is 1. The zero-order valence-electron chi connectivity index (χ0n) is 19.5. The number of Topliss-reactive ketones (excluding diaryl/α,β-unsaturated/α-hetero) is 1. The molecule has 1 N–H and O–H groups in total. The Kier molecular flexibility index (Phi) is 6.04. The average molecular weight is 464 g/mol. The molecule has 0 spiro atoms. The molecule has 7 heteroatoms. The van der Waals surface area contributed by atoms with Gasteiger partial charge in [0.1, 0.15) is 23.1 Å². The third kappa shape index (κ3) is 4.21. The molecule has 3 aromatic rings. The van der Waals surface area contributed by atoms with Gasteiger partial charge in [-0.05, 0) is 53.4 Å². The highest BCUT2D eigenvalue weighted by atomic mass is 19.1. The first-order valence-electron chi connectivity index (χ1n) is 10.9. The van der Waals surface area contributed by atoms with Gasteiger partial charge < -0.3 is 19.2 Å². The molecule has 1 unspecified atom stereocenters. The first-order chi connectivity index (χ1) is 16.1. The summed E-state index contributed by atoms with van der Waals surface area (Å²) in [6, 6.07) is 13.1. The second-order valence-electron chi connectivity index (χ2n) is 9.22. The van der Waals surface area contributed by atoms with Gasteiger partial charge in [-0.25, -0.2) is 4.39 Å². The van der Waals surface area contributed by atoms with Gasteiger partial charge in [0.15, 0.2) is 0 Å². The Labute approximate surface area is 197 Å². The molecule has 1 amide bonds. The highest BCUT2D eigenvalue weighted by Crippen LogP contribution is 2.41. The molecule has 0 aliphatic carbocycles. The van der Waals surface area contributed by atoms with Crippen LogP contribution < -0.4 is 4.74 Å². The van der Waals surface area contributed by atoms with Crippen LogP contribution in [0.15, 0.2) is 70.9 Å². The van der Waals surface area contributed by atoms with Gasteiger partial charge in [-0.3, -0.25) is 9.59 Å². The van der Waals surface area contributed by atoms with E-state index in [9.17, 15) is 19.1 Å². The second kappa shape index (κ2) is 8.82. The molecule has 0 saturated carbocycles. The standard InChI is InChI=1S/C27H26FNO5/c1-27(2,3)20-14-17(9-12-21(20)33-4)24(30)22-23(16-7-10-18(28)11-8-16)29(26(32)25(22)31)15-19-6-5-13-34-19/h5-14,23,30H,15H2,1-4H3/b24-22-. The summed E-state index contributed by atoms with van der Waals surface area (Å²) in [5.74, 6) is -1.20. The number of rotatable bonds is 5. The summed E-state index contributed by atoms with van der Waals surface area (Å²) < 4.78 is 24.5. The van der Waals surface area contributed by atoms with Crippen LogP contribution in [0.2, 0.25) is 0 Å². The topological polar surface area (TPSA) is 80.0 Å². The van der Waals surface area contributed by atoms with Crippen molar-refractivity contribution < 1.29 is 28.2 Å². The fourth-order valence-electron chi connectivity index (χ4n) is 4.20. The van der Waals surface area contributed by atoms with Crippen molar-refractivity contribution in [3.05, 3.63) is 94.7 Å². The molecule has 1 atom stereocenters. The number of benzene rings is 2. The van der Waals surface area contributed by atoms with E-state index in [-0.39, 0.29) is 23.3 Å². The van der Waals surface area contributed by atoms with E-state index in [0.717, 1.165) is 5.56 Å². The van der Waals surface area contributed by atoms with E-state index in [1.807, 2.05) is 20.8 Å². The lowest BCUT2D eigenvalue weighted by Crippen LogP contribution is -2.29. The number of carbonyl (C=O) groups is 2. The van der Waals surface area contributed by atoms with Gasteiger partial charge in [0.25, 0.3) is 11.7 Å². The highest BCUT2D eigenvalue weighted by molar-refractivity contribution is 6.46. The molecule has 176 valence electrons. The number of hydrogen-bond acceptors (Lipinski definition) is 5. The van der Waals surface area contributed by atoms with Crippen molar-refractivity contribution in [1.82, 2.24) is 4.90 Å². The molecule has 0 bridgehead atoms. The number of likely N-dealkylation sites (tertiary alicyclic amines) is 1. The Morgan fingerprint density at radius 2 is 1.82 bits per heavy atom. The maximum Gasteiger partial charge on any atom is 0.296 e. The second-order valence-corrected chi connectivity index (χ2v) is 9.22. The molecule has 1 fully saturated rings. The lowest BCUT2D eigenvalue weighted by Gasteiger charge is -2.25. The normalized spacial score (nSPS) is 17.9. The van der Waals surface area contributed by atoms with Crippen LogP contribution in [0.1, 0.15) is 49.3 Å². The van der Waals surface area contributed by atoms with E-state index in [0.29, 0.717) is 22.6 Å². The quantitative estimate of drug-likeness (QED) is 0.314. The minimum absolute atomic E-state index is 0.0201. The molecule has 1 aromatic heterocycles. The number of ether oxygens (including phenoxy) is 1. The summed E-state index contributed by atoms with van der Waals surface area (Å²) >= 11 is 0. The summed E-state index contributed by atoms with van der Waals surface area (Å²) in [6.07, 6.45) is 1.48. The first-order valence-corrected chi connectivity index (χ1v) is 10.9. The number of amides is 1. The smallest absolute Gasteiger partial charge is 0.296 e. The minimum Gasteiger partial charge on any atom is -0.507 e. The van der Waals surface area contributed by atoms with Crippen LogP contribution in [0.4, 0.5) is 4.39 Å². The largest absolute Gasteiger partial charge is 0.507 e. The van der Waals surface area contributed by atoms with Crippen molar-refractivity contribution in [3.8, 4) is 5.75 Å². The third-order valence-electron chi connectivity index (χ3n) is 5.91. The number of aliphatic hydroxyl groups excluding tert-OH is 1. The van der Waals surface area contributed by atoms with Crippen LogP contribution in [0.5, 0.6) is 5.75 Å². The Morgan fingerprint density at radius 1 is 1.12 bits per heavy atom. The van der Waals surface area contributed by atoms with Gasteiger partial charge in [-0.1, -0.05) is 32.9 Å². The van der Waals surface area contributed by atoms with Crippen LogP contribution >= 0.6 is 0 Å². The first kappa shape index (κ1) is 23.3. The summed E-state index contributed by atoms with van der Waals surface area (Å²) in [4.78, 5) is 27.6. The van der Waals surface area contributed by atoms with Gasteiger partial charge in [0.2, 0.25) is 0 Å². The van der Waals surface area contributed by atoms with Crippen molar-refractivity contribution in [2.75, 3.05) is 7.11 Å². The molecular weight excluding hydrogens is 437 g/mol. The maximum absolute atomic E-state index is 13.6. The van der Waals surface area contributed by atoms with E-state index in [2.05, 4.69) is 0 Å². The SMILES string of the molecule is COc1ccc(/C(O)=C2/C(=O)C(=O)N(Cc3ccco3)C2c2ccc(F)cc2)cc1C(C)(C)C. The lowest BCUT2D eigenvalue weighted by atomic mass is 9.84. The molecule has 6 nitrogen and oxygen atoms in total. The van der Waals surface area contributed by atoms with Crippen molar-refractivity contribution in [2.24, 2.45) is 0 Å². The van der Waals surface area contributed by atoms with Gasteiger partial charge in [-0.2, -0.15) is 0 Å². The lowest BCUT2D eigenvalue weighted by molar-refractivity contribution is -0.140. The van der Waals surface area contributed by atoms with Gasteiger partial charge in [0, 0.05) is 11.1 Å². The summed E-state index contributed by atoms with van der Waals surface area (Å²) in [5.41, 5.74) is 1.35. The van der Waals surface area contributed by atoms with Gasteiger partial charge in [-0.15, -0.1) is 0 Å². The summed E-state index contributed by atoms with van der Waals surface area (Å²) in [6.45, 7) is 6.05. The van der Waals surface area contributed by atoms with Gasteiger partial charge >= 0.3 is 0 Å². The van der Waals surface area contributed by atoms with Crippen molar-refractivity contribution in [1.29, 1.82) is 0 Å². The predicted octanol–water partition coefficient (Wildman–Crippen LogP) is 5.35.